The molecule has 1 aromatic rings. The molecule has 0 spiro atoms. The number of piperidine rings is 1. The molecule has 4 nitrogen and oxygen atoms in total. The van der Waals surface area contributed by atoms with E-state index in [1.807, 2.05) is 12.4 Å². The molecular weight excluding hydrogens is 288 g/mol. The van der Waals surface area contributed by atoms with Crippen LogP contribution in [0.5, 0.6) is 0 Å². The molecule has 3 heterocycles. The van der Waals surface area contributed by atoms with E-state index < -0.39 is 0 Å². The zero-order chi connectivity index (χ0) is 15.5. The third kappa shape index (κ3) is 3.76. The van der Waals surface area contributed by atoms with Crippen molar-refractivity contribution in [2.45, 2.75) is 44.8 Å². The molecule has 2 saturated heterocycles. The molecule has 0 unspecified atom stereocenters. The predicted octanol–water partition coefficient (Wildman–Crippen LogP) is 2.88. The molecule has 1 aromatic heterocycles. The molecule has 3 fully saturated rings. The average Bonchev–Trinajstić information content (AvgIpc) is 3.40. The Bertz CT molecular complexity index is 505. The Kier molecular flexibility index (Phi) is 4.65. The van der Waals surface area contributed by atoms with Crippen LogP contribution in [0, 0.1) is 11.3 Å². The third-order valence-corrected chi connectivity index (χ3v) is 5.66. The van der Waals surface area contributed by atoms with E-state index in [0.29, 0.717) is 6.10 Å². The average molecular weight is 316 g/mol. The van der Waals surface area contributed by atoms with Crippen molar-refractivity contribution in [2.24, 2.45) is 11.3 Å². The van der Waals surface area contributed by atoms with Crippen molar-refractivity contribution in [3.05, 3.63) is 30.1 Å². The summed E-state index contributed by atoms with van der Waals surface area (Å²) in [5.41, 5.74) is 1.56. The number of aromatic nitrogens is 1. The van der Waals surface area contributed by atoms with Crippen LogP contribution in [0.25, 0.3) is 0 Å². The van der Waals surface area contributed by atoms with Gasteiger partial charge in [-0.25, -0.2) is 0 Å². The Morgan fingerprint density at radius 1 is 1.26 bits per heavy atom. The van der Waals surface area contributed by atoms with Crippen LogP contribution in [0.1, 0.15) is 37.7 Å². The lowest BCUT2D eigenvalue weighted by atomic mass is 9.73. The van der Waals surface area contributed by atoms with E-state index in [-0.39, 0.29) is 5.41 Å². The molecule has 23 heavy (non-hydrogen) atoms. The fourth-order valence-electron chi connectivity index (χ4n) is 4.19. The number of ether oxygens (including phenoxy) is 2. The van der Waals surface area contributed by atoms with Crippen molar-refractivity contribution in [1.29, 1.82) is 0 Å². The third-order valence-electron chi connectivity index (χ3n) is 5.66. The van der Waals surface area contributed by atoms with E-state index in [0.717, 1.165) is 51.8 Å². The highest BCUT2D eigenvalue weighted by molar-refractivity contribution is 5.10. The van der Waals surface area contributed by atoms with Crippen LogP contribution in [0.4, 0.5) is 0 Å². The number of hydrogen-bond donors (Lipinski definition) is 0. The van der Waals surface area contributed by atoms with E-state index in [1.165, 1.54) is 31.2 Å². The molecule has 0 bridgehead atoms. The highest BCUT2D eigenvalue weighted by Crippen LogP contribution is 2.41. The largest absolute Gasteiger partial charge is 0.380 e. The van der Waals surface area contributed by atoms with Crippen LogP contribution < -0.4 is 0 Å². The summed E-state index contributed by atoms with van der Waals surface area (Å²) in [5.74, 6) is 0.839. The molecular formula is C19H28N2O2. The van der Waals surface area contributed by atoms with Crippen LogP contribution >= 0.6 is 0 Å². The number of fused-ring (bicyclic) bond motifs is 1. The summed E-state index contributed by atoms with van der Waals surface area (Å²) < 4.78 is 12.3. The first-order chi connectivity index (χ1) is 11.3. The summed E-state index contributed by atoms with van der Waals surface area (Å²) in [5, 5.41) is 0. The maximum Gasteiger partial charge on any atom is 0.0677 e. The first kappa shape index (κ1) is 15.6. The standard InChI is InChI=1S/C19H28N2O2/c1-7-19(15-22-13-17-2-3-17)14-21(10-6-18(19)23-11-1)12-16-4-8-20-9-5-16/h4-5,8-9,17-18H,1-3,6-7,10-15H2/t18-,19-/m0/s1. The number of pyridine rings is 1. The van der Waals surface area contributed by atoms with Gasteiger partial charge < -0.3 is 9.47 Å². The summed E-state index contributed by atoms with van der Waals surface area (Å²) in [4.78, 5) is 6.71. The van der Waals surface area contributed by atoms with Crippen LogP contribution in [0.3, 0.4) is 0 Å². The molecule has 2 aliphatic heterocycles. The van der Waals surface area contributed by atoms with E-state index in [4.69, 9.17) is 9.47 Å². The molecule has 0 amide bonds. The Morgan fingerprint density at radius 2 is 2.13 bits per heavy atom. The topological polar surface area (TPSA) is 34.6 Å². The van der Waals surface area contributed by atoms with Crippen LogP contribution in [0.15, 0.2) is 24.5 Å². The van der Waals surface area contributed by atoms with Gasteiger partial charge in [0, 0.05) is 50.7 Å². The molecule has 3 aliphatic rings. The number of rotatable bonds is 6. The van der Waals surface area contributed by atoms with Crippen LogP contribution in [0.2, 0.25) is 0 Å². The first-order valence-electron chi connectivity index (χ1n) is 9.15. The fourth-order valence-corrected chi connectivity index (χ4v) is 4.19. The van der Waals surface area contributed by atoms with Crippen LogP contribution in [-0.4, -0.2) is 48.9 Å². The second-order valence-electron chi connectivity index (χ2n) is 7.64. The molecule has 4 heteroatoms. The van der Waals surface area contributed by atoms with Crippen molar-refractivity contribution in [3.63, 3.8) is 0 Å². The van der Waals surface area contributed by atoms with E-state index >= 15 is 0 Å². The van der Waals surface area contributed by atoms with E-state index in [9.17, 15) is 0 Å². The lowest BCUT2D eigenvalue weighted by Crippen LogP contribution is -2.56. The first-order valence-corrected chi connectivity index (χ1v) is 9.15. The zero-order valence-electron chi connectivity index (χ0n) is 14.0. The number of hydrogen-bond acceptors (Lipinski definition) is 4. The number of nitrogens with zero attached hydrogens (tertiary/aromatic N) is 2. The van der Waals surface area contributed by atoms with Gasteiger partial charge in [0.1, 0.15) is 0 Å². The highest BCUT2D eigenvalue weighted by Gasteiger charge is 2.46. The Hall–Kier alpha value is -0.970. The molecule has 0 N–H and O–H groups in total. The minimum absolute atomic E-state index is 0.207. The minimum atomic E-state index is 0.207. The van der Waals surface area contributed by atoms with Gasteiger partial charge >= 0.3 is 0 Å². The van der Waals surface area contributed by atoms with Gasteiger partial charge in [0.25, 0.3) is 0 Å². The van der Waals surface area contributed by atoms with Crippen molar-refractivity contribution < 1.29 is 9.47 Å². The minimum Gasteiger partial charge on any atom is -0.380 e. The summed E-state index contributed by atoms with van der Waals surface area (Å²) >= 11 is 0. The molecule has 126 valence electrons. The summed E-state index contributed by atoms with van der Waals surface area (Å²) in [6.07, 6.45) is 10.5. The molecule has 2 atom stereocenters. The second kappa shape index (κ2) is 6.88. The maximum atomic E-state index is 6.14. The van der Waals surface area contributed by atoms with E-state index in [1.54, 1.807) is 0 Å². The fraction of sp³-hybridized carbons (Fsp3) is 0.737. The van der Waals surface area contributed by atoms with Gasteiger partial charge in [-0.15, -0.1) is 0 Å². The monoisotopic (exact) mass is 316 g/mol. The normalized spacial score (nSPS) is 31.7. The van der Waals surface area contributed by atoms with Gasteiger partial charge in [-0.2, -0.15) is 0 Å². The molecule has 4 rings (SSSR count). The molecule has 0 radical (unpaired) electrons. The molecule has 1 aliphatic carbocycles. The Morgan fingerprint density at radius 3 is 2.96 bits per heavy atom. The lowest BCUT2D eigenvalue weighted by molar-refractivity contribution is -0.154. The SMILES string of the molecule is c1cc(CN2CC[C@@H]3OCCC[C@@]3(COCC3CC3)C2)ccn1. The van der Waals surface area contributed by atoms with Crippen molar-refractivity contribution >= 4 is 0 Å². The molecule has 0 aromatic carbocycles. The Labute approximate surface area is 139 Å². The molecule has 1 saturated carbocycles. The second-order valence-corrected chi connectivity index (χ2v) is 7.64. The van der Waals surface area contributed by atoms with Gasteiger partial charge in [-0.3, -0.25) is 9.88 Å². The van der Waals surface area contributed by atoms with Crippen molar-refractivity contribution in [2.75, 3.05) is 32.9 Å². The maximum absolute atomic E-state index is 6.14. The van der Waals surface area contributed by atoms with E-state index in [2.05, 4.69) is 22.0 Å². The van der Waals surface area contributed by atoms with Crippen LogP contribution in [-0.2, 0) is 16.0 Å². The van der Waals surface area contributed by atoms with Gasteiger partial charge in [-0.1, -0.05) is 0 Å². The summed E-state index contributed by atoms with van der Waals surface area (Å²) in [6, 6.07) is 4.25. The van der Waals surface area contributed by atoms with Gasteiger partial charge in [-0.05, 0) is 55.7 Å². The zero-order valence-corrected chi connectivity index (χ0v) is 14.0. The van der Waals surface area contributed by atoms with Gasteiger partial charge in [0.2, 0.25) is 0 Å². The summed E-state index contributed by atoms with van der Waals surface area (Å²) in [7, 11) is 0. The van der Waals surface area contributed by atoms with Gasteiger partial charge in [0.15, 0.2) is 0 Å². The lowest BCUT2D eigenvalue weighted by Gasteiger charge is -2.50. The van der Waals surface area contributed by atoms with Crippen molar-refractivity contribution in [3.8, 4) is 0 Å². The quantitative estimate of drug-likeness (QED) is 0.808. The smallest absolute Gasteiger partial charge is 0.0677 e. The summed E-state index contributed by atoms with van der Waals surface area (Å²) in [6.45, 7) is 6.00. The predicted molar refractivity (Wildman–Crippen MR) is 89.1 cm³/mol. The van der Waals surface area contributed by atoms with Gasteiger partial charge in [0.05, 0.1) is 12.7 Å². The van der Waals surface area contributed by atoms with Crippen molar-refractivity contribution in [1.82, 2.24) is 9.88 Å². The highest BCUT2D eigenvalue weighted by atomic mass is 16.5. The number of likely N-dealkylation sites (tertiary alicyclic amines) is 1. The Balaban J connectivity index is 1.41.